The number of likely N-dealkylation sites (N-methyl/N-ethyl adjacent to an activating group) is 1. The van der Waals surface area contributed by atoms with E-state index in [2.05, 4.69) is 23.6 Å². The molecule has 0 saturated carbocycles. The molecule has 0 bridgehead atoms. The number of rotatable bonds is 5. The van der Waals surface area contributed by atoms with Crippen molar-refractivity contribution < 1.29 is 4.79 Å². The standard InChI is InChI=1S/C14H20N2O/c1-2-15-8-9-16-14(17)13-7-6-11-4-3-5-12(11)10-13/h6-7,10,15H,2-5,8-9H2,1H3,(H,16,17). The van der Waals surface area contributed by atoms with Crippen molar-refractivity contribution in [3.8, 4) is 0 Å². The summed E-state index contributed by atoms with van der Waals surface area (Å²) in [4.78, 5) is 11.9. The Labute approximate surface area is 103 Å². The van der Waals surface area contributed by atoms with E-state index in [1.165, 1.54) is 17.5 Å². The van der Waals surface area contributed by atoms with Gasteiger partial charge in [0, 0.05) is 18.7 Å². The minimum absolute atomic E-state index is 0.0394. The first kappa shape index (κ1) is 12.1. The zero-order valence-corrected chi connectivity index (χ0v) is 10.4. The monoisotopic (exact) mass is 232 g/mol. The summed E-state index contributed by atoms with van der Waals surface area (Å²) in [6.45, 7) is 4.51. The number of aryl methyl sites for hydroxylation is 2. The van der Waals surface area contributed by atoms with Crippen LogP contribution in [-0.4, -0.2) is 25.5 Å². The number of fused-ring (bicyclic) bond motifs is 1. The first-order valence-electron chi connectivity index (χ1n) is 6.42. The molecule has 0 fully saturated rings. The van der Waals surface area contributed by atoms with Gasteiger partial charge in [-0.05, 0) is 49.1 Å². The summed E-state index contributed by atoms with van der Waals surface area (Å²) >= 11 is 0. The molecule has 2 N–H and O–H groups in total. The molecule has 2 rings (SSSR count). The fraction of sp³-hybridized carbons (Fsp3) is 0.500. The molecule has 0 aromatic heterocycles. The van der Waals surface area contributed by atoms with Crippen LogP contribution in [0.15, 0.2) is 18.2 Å². The highest BCUT2D eigenvalue weighted by Crippen LogP contribution is 2.22. The Balaban J connectivity index is 1.91. The summed E-state index contributed by atoms with van der Waals surface area (Å²) in [7, 11) is 0. The van der Waals surface area contributed by atoms with E-state index in [4.69, 9.17) is 0 Å². The van der Waals surface area contributed by atoms with Gasteiger partial charge in [-0.15, -0.1) is 0 Å². The van der Waals surface area contributed by atoms with Gasteiger partial charge in [0.25, 0.3) is 5.91 Å². The third-order valence-corrected chi connectivity index (χ3v) is 3.20. The zero-order valence-electron chi connectivity index (χ0n) is 10.4. The molecule has 1 aliphatic rings. The van der Waals surface area contributed by atoms with Crippen LogP contribution < -0.4 is 10.6 Å². The van der Waals surface area contributed by atoms with Gasteiger partial charge < -0.3 is 10.6 Å². The lowest BCUT2D eigenvalue weighted by Gasteiger charge is -2.07. The Morgan fingerprint density at radius 2 is 2.06 bits per heavy atom. The summed E-state index contributed by atoms with van der Waals surface area (Å²) < 4.78 is 0. The molecule has 0 aliphatic heterocycles. The summed E-state index contributed by atoms with van der Waals surface area (Å²) in [6.07, 6.45) is 3.51. The molecule has 1 aromatic rings. The van der Waals surface area contributed by atoms with Crippen LogP contribution in [0.25, 0.3) is 0 Å². The number of carbonyl (C=O) groups excluding carboxylic acids is 1. The Hall–Kier alpha value is -1.35. The average molecular weight is 232 g/mol. The summed E-state index contributed by atoms with van der Waals surface area (Å²) in [5.41, 5.74) is 3.56. The van der Waals surface area contributed by atoms with Gasteiger partial charge in [-0.25, -0.2) is 0 Å². The second-order valence-corrected chi connectivity index (χ2v) is 4.45. The van der Waals surface area contributed by atoms with Crippen LogP contribution in [0.1, 0.15) is 34.8 Å². The number of amides is 1. The van der Waals surface area contributed by atoms with Crippen molar-refractivity contribution in [2.75, 3.05) is 19.6 Å². The van der Waals surface area contributed by atoms with E-state index >= 15 is 0 Å². The highest BCUT2D eigenvalue weighted by Gasteiger charge is 2.13. The van der Waals surface area contributed by atoms with Crippen molar-refractivity contribution in [2.24, 2.45) is 0 Å². The minimum Gasteiger partial charge on any atom is -0.351 e. The lowest BCUT2D eigenvalue weighted by Crippen LogP contribution is -2.31. The molecule has 1 amide bonds. The summed E-state index contributed by atoms with van der Waals surface area (Å²) in [5.74, 6) is 0.0394. The molecule has 3 heteroatoms. The third kappa shape index (κ3) is 3.07. The minimum atomic E-state index is 0.0394. The topological polar surface area (TPSA) is 41.1 Å². The van der Waals surface area contributed by atoms with E-state index in [9.17, 15) is 4.79 Å². The molecule has 1 aliphatic carbocycles. The second-order valence-electron chi connectivity index (χ2n) is 4.45. The van der Waals surface area contributed by atoms with Gasteiger partial charge in [-0.2, -0.15) is 0 Å². The van der Waals surface area contributed by atoms with Crippen LogP contribution in [0.2, 0.25) is 0 Å². The van der Waals surface area contributed by atoms with Crippen molar-refractivity contribution in [2.45, 2.75) is 26.2 Å². The number of nitrogens with one attached hydrogen (secondary N) is 2. The molecule has 0 atom stereocenters. The maximum Gasteiger partial charge on any atom is 0.251 e. The molecule has 1 aromatic carbocycles. The van der Waals surface area contributed by atoms with Gasteiger partial charge in [0.15, 0.2) is 0 Å². The van der Waals surface area contributed by atoms with Gasteiger partial charge in [-0.1, -0.05) is 13.0 Å². The van der Waals surface area contributed by atoms with E-state index in [0.717, 1.165) is 31.5 Å². The van der Waals surface area contributed by atoms with Crippen LogP contribution in [0.4, 0.5) is 0 Å². The third-order valence-electron chi connectivity index (χ3n) is 3.20. The van der Waals surface area contributed by atoms with Gasteiger partial charge in [0.2, 0.25) is 0 Å². The molecule has 0 saturated heterocycles. The van der Waals surface area contributed by atoms with Crippen LogP contribution in [0.5, 0.6) is 0 Å². The molecular formula is C14H20N2O. The summed E-state index contributed by atoms with van der Waals surface area (Å²) in [6, 6.07) is 6.08. The maximum atomic E-state index is 11.9. The Bertz CT molecular complexity index is 401. The molecule has 3 nitrogen and oxygen atoms in total. The normalized spacial score (nSPS) is 13.5. The average Bonchev–Trinajstić information content (AvgIpc) is 2.81. The molecule has 0 spiro atoms. The predicted octanol–water partition coefficient (Wildman–Crippen LogP) is 1.51. The van der Waals surface area contributed by atoms with Crippen LogP contribution in [-0.2, 0) is 12.8 Å². The van der Waals surface area contributed by atoms with Gasteiger partial charge in [-0.3, -0.25) is 4.79 Å². The van der Waals surface area contributed by atoms with E-state index in [-0.39, 0.29) is 5.91 Å². The van der Waals surface area contributed by atoms with Crippen molar-refractivity contribution in [3.05, 3.63) is 34.9 Å². The first-order chi connectivity index (χ1) is 8.31. The van der Waals surface area contributed by atoms with Crippen molar-refractivity contribution in [3.63, 3.8) is 0 Å². The van der Waals surface area contributed by atoms with Crippen molar-refractivity contribution in [1.29, 1.82) is 0 Å². The Kier molecular flexibility index (Phi) is 4.15. The SMILES string of the molecule is CCNCCNC(=O)c1ccc2c(c1)CCC2. The zero-order chi connectivity index (χ0) is 12.1. The van der Waals surface area contributed by atoms with E-state index in [1.54, 1.807) is 0 Å². The van der Waals surface area contributed by atoms with Crippen LogP contribution in [0, 0.1) is 0 Å². The number of carbonyl (C=O) groups is 1. The largest absolute Gasteiger partial charge is 0.351 e. The highest BCUT2D eigenvalue weighted by atomic mass is 16.1. The quantitative estimate of drug-likeness (QED) is 0.756. The van der Waals surface area contributed by atoms with Gasteiger partial charge in [0.1, 0.15) is 0 Å². The van der Waals surface area contributed by atoms with E-state index in [0.29, 0.717) is 6.54 Å². The molecule has 0 heterocycles. The molecular weight excluding hydrogens is 212 g/mol. The van der Waals surface area contributed by atoms with Crippen LogP contribution >= 0.6 is 0 Å². The van der Waals surface area contributed by atoms with Crippen molar-refractivity contribution >= 4 is 5.91 Å². The van der Waals surface area contributed by atoms with Crippen molar-refractivity contribution in [1.82, 2.24) is 10.6 Å². The number of benzene rings is 1. The van der Waals surface area contributed by atoms with Gasteiger partial charge in [0.05, 0.1) is 0 Å². The number of hydrogen-bond donors (Lipinski definition) is 2. The van der Waals surface area contributed by atoms with E-state index < -0.39 is 0 Å². The van der Waals surface area contributed by atoms with E-state index in [1.807, 2.05) is 12.1 Å². The second kappa shape index (κ2) is 5.82. The highest BCUT2D eigenvalue weighted by molar-refractivity contribution is 5.94. The van der Waals surface area contributed by atoms with Gasteiger partial charge >= 0.3 is 0 Å². The predicted molar refractivity (Wildman–Crippen MR) is 69.3 cm³/mol. The summed E-state index contributed by atoms with van der Waals surface area (Å²) in [5, 5.41) is 6.11. The molecule has 17 heavy (non-hydrogen) atoms. The fourth-order valence-electron chi connectivity index (χ4n) is 2.26. The lowest BCUT2D eigenvalue weighted by molar-refractivity contribution is 0.0954. The Morgan fingerprint density at radius 3 is 2.88 bits per heavy atom. The number of hydrogen-bond acceptors (Lipinski definition) is 2. The smallest absolute Gasteiger partial charge is 0.251 e. The lowest BCUT2D eigenvalue weighted by atomic mass is 10.1. The molecule has 92 valence electrons. The Morgan fingerprint density at radius 1 is 1.24 bits per heavy atom. The fourth-order valence-corrected chi connectivity index (χ4v) is 2.26. The van der Waals surface area contributed by atoms with Crippen LogP contribution in [0.3, 0.4) is 0 Å². The maximum absolute atomic E-state index is 11.9. The molecule has 0 unspecified atom stereocenters. The molecule has 0 radical (unpaired) electrons. The first-order valence-corrected chi connectivity index (χ1v) is 6.42.